The van der Waals surface area contributed by atoms with Gasteiger partial charge in [-0.25, -0.2) is 4.68 Å². The van der Waals surface area contributed by atoms with Gasteiger partial charge in [0.1, 0.15) is 18.2 Å². The van der Waals surface area contributed by atoms with Crippen molar-refractivity contribution in [3.63, 3.8) is 0 Å². The number of anilines is 1. The van der Waals surface area contributed by atoms with Gasteiger partial charge in [-0.15, -0.1) is 0 Å². The Kier molecular flexibility index (Phi) is 8.51. The van der Waals surface area contributed by atoms with Crippen LogP contribution in [0.15, 0.2) is 66.7 Å². The topological polar surface area (TPSA) is 103 Å². The maximum atomic E-state index is 13.5. The number of morpholine rings is 1. The third-order valence-corrected chi connectivity index (χ3v) is 7.34. The molecule has 0 unspecified atom stereocenters. The third-order valence-electron chi connectivity index (χ3n) is 7.34. The molecular formula is C33H36N4O5. The van der Waals surface area contributed by atoms with E-state index in [-0.39, 0.29) is 16.8 Å². The van der Waals surface area contributed by atoms with Crippen LogP contribution < -0.4 is 10.1 Å². The Morgan fingerprint density at radius 2 is 1.64 bits per heavy atom. The summed E-state index contributed by atoms with van der Waals surface area (Å²) in [4.78, 5) is 41.0. The Morgan fingerprint density at radius 1 is 0.952 bits per heavy atom. The van der Waals surface area contributed by atoms with Gasteiger partial charge in [-0.3, -0.25) is 19.3 Å². The van der Waals surface area contributed by atoms with Crippen LogP contribution in [0, 0.1) is 0 Å². The van der Waals surface area contributed by atoms with E-state index in [4.69, 9.17) is 14.6 Å². The van der Waals surface area contributed by atoms with Crippen LogP contribution in [0.4, 0.5) is 5.82 Å². The second-order valence-electron chi connectivity index (χ2n) is 11.4. The van der Waals surface area contributed by atoms with Crippen LogP contribution in [-0.4, -0.2) is 71.6 Å². The van der Waals surface area contributed by atoms with Crippen molar-refractivity contribution in [2.75, 3.05) is 44.8 Å². The molecule has 218 valence electrons. The van der Waals surface area contributed by atoms with Crippen molar-refractivity contribution in [1.82, 2.24) is 14.7 Å². The molecule has 9 nitrogen and oxygen atoms in total. The molecule has 0 aliphatic carbocycles. The molecule has 1 fully saturated rings. The molecule has 1 aromatic heterocycles. The van der Waals surface area contributed by atoms with E-state index < -0.39 is 11.7 Å². The number of benzene rings is 3. The number of hydrogen-bond donors (Lipinski definition) is 1. The zero-order valence-electron chi connectivity index (χ0n) is 24.5. The molecule has 1 amide bonds. The van der Waals surface area contributed by atoms with E-state index in [2.05, 4.69) is 10.2 Å². The van der Waals surface area contributed by atoms with Crippen molar-refractivity contribution < 1.29 is 23.9 Å². The van der Waals surface area contributed by atoms with Crippen molar-refractivity contribution in [2.24, 2.45) is 0 Å². The molecule has 42 heavy (non-hydrogen) atoms. The predicted octanol–water partition coefficient (Wildman–Crippen LogP) is 5.06. The van der Waals surface area contributed by atoms with Gasteiger partial charge < -0.3 is 14.8 Å². The highest BCUT2D eigenvalue weighted by Crippen LogP contribution is 2.30. The smallest absolute Gasteiger partial charge is 0.297 e. The molecule has 4 aromatic rings. The summed E-state index contributed by atoms with van der Waals surface area (Å²) in [7, 11) is 0. The first-order chi connectivity index (χ1) is 20.1. The van der Waals surface area contributed by atoms with E-state index in [9.17, 15) is 14.4 Å². The molecule has 0 spiro atoms. The number of amides is 1. The van der Waals surface area contributed by atoms with Gasteiger partial charge in [-0.2, -0.15) is 5.10 Å². The Hall–Kier alpha value is -4.34. The summed E-state index contributed by atoms with van der Waals surface area (Å²) < 4.78 is 13.1. The molecule has 1 aliphatic rings. The van der Waals surface area contributed by atoms with E-state index in [1.807, 2.05) is 45.0 Å². The largest absolute Gasteiger partial charge is 0.492 e. The maximum absolute atomic E-state index is 13.5. The highest BCUT2D eigenvalue weighted by Gasteiger charge is 2.25. The number of ketones is 2. The van der Waals surface area contributed by atoms with E-state index in [1.165, 1.54) is 6.92 Å². The minimum absolute atomic E-state index is 0.0442. The van der Waals surface area contributed by atoms with Crippen molar-refractivity contribution in [1.29, 1.82) is 0 Å². The van der Waals surface area contributed by atoms with Crippen molar-refractivity contribution in [3.8, 4) is 11.4 Å². The van der Waals surface area contributed by atoms with Crippen LogP contribution in [-0.2, 0) is 14.9 Å². The molecule has 0 atom stereocenters. The van der Waals surface area contributed by atoms with Gasteiger partial charge in [-0.1, -0.05) is 45.0 Å². The molecule has 3 aromatic carbocycles. The van der Waals surface area contributed by atoms with Gasteiger partial charge >= 0.3 is 0 Å². The Labute approximate surface area is 245 Å². The number of Topliss-reactive ketones (excluding diaryl/α,β-unsaturated/α-hetero) is 2. The summed E-state index contributed by atoms with van der Waals surface area (Å²) in [5, 5.41) is 8.91. The first-order valence-electron chi connectivity index (χ1n) is 14.1. The molecule has 0 saturated carbocycles. The van der Waals surface area contributed by atoms with Crippen molar-refractivity contribution >= 4 is 34.1 Å². The number of carbonyl (C=O) groups is 3. The molecule has 0 bridgehead atoms. The van der Waals surface area contributed by atoms with Gasteiger partial charge in [0.25, 0.3) is 11.7 Å². The zero-order chi connectivity index (χ0) is 29.9. The number of fused-ring (bicyclic) bond motifs is 1. The Balaban J connectivity index is 1.38. The fourth-order valence-corrected chi connectivity index (χ4v) is 4.87. The van der Waals surface area contributed by atoms with E-state index >= 15 is 0 Å². The quantitative estimate of drug-likeness (QED) is 0.222. The summed E-state index contributed by atoms with van der Waals surface area (Å²) in [6.07, 6.45) is 0. The van der Waals surface area contributed by atoms with E-state index in [0.29, 0.717) is 34.8 Å². The van der Waals surface area contributed by atoms with Gasteiger partial charge in [0.15, 0.2) is 5.78 Å². The lowest BCUT2D eigenvalue weighted by molar-refractivity contribution is -0.112. The van der Waals surface area contributed by atoms with Gasteiger partial charge in [-0.05, 0) is 48.7 Å². The third kappa shape index (κ3) is 6.42. The van der Waals surface area contributed by atoms with Crippen LogP contribution in [0.5, 0.6) is 5.75 Å². The minimum atomic E-state index is -0.775. The highest BCUT2D eigenvalue weighted by molar-refractivity contribution is 6.48. The molecule has 1 saturated heterocycles. The highest BCUT2D eigenvalue weighted by atomic mass is 16.5. The van der Waals surface area contributed by atoms with Crippen molar-refractivity contribution in [2.45, 2.75) is 33.1 Å². The second kappa shape index (κ2) is 12.3. The average molecular weight is 569 g/mol. The average Bonchev–Trinajstić information content (AvgIpc) is 3.42. The Bertz CT molecular complexity index is 1610. The molecule has 2 heterocycles. The summed E-state index contributed by atoms with van der Waals surface area (Å²) in [5.74, 6) is -0.456. The number of carbonyl (C=O) groups excluding carboxylic acids is 3. The summed E-state index contributed by atoms with van der Waals surface area (Å²) >= 11 is 0. The van der Waals surface area contributed by atoms with E-state index in [0.717, 1.165) is 43.9 Å². The zero-order valence-corrected chi connectivity index (χ0v) is 24.5. The van der Waals surface area contributed by atoms with Crippen molar-refractivity contribution in [3.05, 3.63) is 83.6 Å². The fraction of sp³-hybridized carbons (Fsp3) is 0.333. The summed E-state index contributed by atoms with van der Waals surface area (Å²) in [5.41, 5.74) is 1.95. The fourth-order valence-electron chi connectivity index (χ4n) is 4.87. The SMILES string of the molecule is CC(=O)c1ccc(-n2nc(C(C)(C)C)cc2NC(=O)C(=O)c2ccc(OCCN3CCOCC3)c3ccccc23)cc1. The van der Waals surface area contributed by atoms with Gasteiger partial charge in [0.2, 0.25) is 0 Å². The lowest BCUT2D eigenvalue weighted by atomic mass is 9.92. The lowest BCUT2D eigenvalue weighted by Crippen LogP contribution is -2.38. The maximum Gasteiger partial charge on any atom is 0.297 e. The predicted molar refractivity (Wildman–Crippen MR) is 162 cm³/mol. The van der Waals surface area contributed by atoms with Crippen LogP contribution in [0.1, 0.15) is 54.1 Å². The van der Waals surface area contributed by atoms with Crippen LogP contribution >= 0.6 is 0 Å². The Morgan fingerprint density at radius 3 is 2.31 bits per heavy atom. The monoisotopic (exact) mass is 568 g/mol. The first kappa shape index (κ1) is 29.2. The number of ether oxygens (including phenoxy) is 2. The number of aromatic nitrogens is 2. The molecule has 9 heteroatoms. The normalized spacial score (nSPS) is 14.1. The molecular weight excluding hydrogens is 532 g/mol. The van der Waals surface area contributed by atoms with Crippen LogP contribution in [0.3, 0.4) is 0 Å². The first-order valence-corrected chi connectivity index (χ1v) is 14.1. The summed E-state index contributed by atoms with van der Waals surface area (Å²) in [6.45, 7) is 12.1. The number of nitrogens with one attached hydrogen (secondary N) is 1. The number of rotatable bonds is 9. The summed E-state index contributed by atoms with van der Waals surface area (Å²) in [6, 6.07) is 19.6. The standard InChI is InChI=1S/C33H36N4O5/c1-22(38)23-9-11-24(12-10-23)37-30(21-29(35-37)33(2,3)4)34-32(40)31(39)27-13-14-28(26-8-6-5-7-25(26)27)42-20-17-36-15-18-41-19-16-36/h5-14,21H,15-20H2,1-4H3,(H,34,40). The second-order valence-corrected chi connectivity index (χ2v) is 11.4. The van der Waals surface area contributed by atoms with Crippen LogP contribution in [0.2, 0.25) is 0 Å². The number of nitrogens with zero attached hydrogens (tertiary/aromatic N) is 3. The molecule has 5 rings (SSSR count). The van der Waals surface area contributed by atoms with Gasteiger partial charge in [0, 0.05) is 47.6 Å². The molecule has 1 N–H and O–H groups in total. The molecule has 1 aliphatic heterocycles. The van der Waals surface area contributed by atoms with Gasteiger partial charge in [0.05, 0.1) is 24.6 Å². The lowest BCUT2D eigenvalue weighted by Gasteiger charge is -2.26. The minimum Gasteiger partial charge on any atom is -0.492 e. The van der Waals surface area contributed by atoms with E-state index in [1.54, 1.807) is 47.1 Å². The molecule has 0 radical (unpaired) electrons. The van der Waals surface area contributed by atoms with Crippen LogP contribution in [0.25, 0.3) is 16.5 Å². The number of hydrogen-bond acceptors (Lipinski definition) is 7.